The van der Waals surface area contributed by atoms with Crippen LogP contribution in [0.3, 0.4) is 0 Å². The first-order valence-electron chi connectivity index (χ1n) is 5.55. The summed E-state index contributed by atoms with van der Waals surface area (Å²) in [5.41, 5.74) is -7.46. The Morgan fingerprint density at radius 2 is 1.48 bits per heavy atom. The average molecular weight is 324 g/mol. The van der Waals surface area contributed by atoms with Crippen molar-refractivity contribution in [2.45, 2.75) is 0 Å². The van der Waals surface area contributed by atoms with Crippen molar-refractivity contribution in [3.63, 3.8) is 0 Å². The van der Waals surface area contributed by atoms with E-state index in [1.807, 2.05) is 4.98 Å². The van der Waals surface area contributed by atoms with Gasteiger partial charge in [0.2, 0.25) is 5.43 Å². The van der Waals surface area contributed by atoms with Gasteiger partial charge < -0.3 is 10.1 Å². The van der Waals surface area contributed by atoms with Gasteiger partial charge in [-0.3, -0.25) is 39.9 Å². The highest BCUT2D eigenvalue weighted by Gasteiger charge is 2.39. The number of fused-ring (bicyclic) bond motifs is 1. The molecule has 0 aliphatic heterocycles. The van der Waals surface area contributed by atoms with Gasteiger partial charge in [-0.2, -0.15) is 0 Å². The summed E-state index contributed by atoms with van der Waals surface area (Å²) in [4.78, 5) is 53.7. The molecule has 0 aliphatic rings. The average Bonchev–Trinajstić information content (AvgIpc) is 2.54. The molecule has 0 unspecified atom stereocenters. The van der Waals surface area contributed by atoms with Gasteiger partial charge in [0.25, 0.3) is 5.56 Å². The van der Waals surface area contributed by atoms with Crippen LogP contribution in [0.1, 0.15) is 0 Å². The van der Waals surface area contributed by atoms with E-state index >= 15 is 0 Å². The maximum absolute atomic E-state index is 11.4. The molecule has 0 atom stereocenters. The minimum absolute atomic E-state index is 0.323. The van der Waals surface area contributed by atoms with Crippen molar-refractivity contribution < 1.29 is 19.9 Å². The van der Waals surface area contributed by atoms with Gasteiger partial charge in [0.1, 0.15) is 11.1 Å². The van der Waals surface area contributed by atoms with Crippen molar-refractivity contribution in [2.24, 2.45) is 0 Å². The number of aromatic hydroxyl groups is 1. The number of rotatable bonds is 3. The van der Waals surface area contributed by atoms with E-state index in [1.165, 1.54) is 0 Å². The fraction of sp³-hybridized carbons (Fsp3) is 0. The van der Waals surface area contributed by atoms with E-state index < -0.39 is 59.5 Å². The highest BCUT2D eigenvalue weighted by Crippen LogP contribution is 2.43. The second-order valence-corrected chi connectivity index (χ2v) is 4.13. The molecule has 0 bridgehead atoms. The summed E-state index contributed by atoms with van der Waals surface area (Å²) < 4.78 is 0. The van der Waals surface area contributed by atoms with Gasteiger partial charge in [0, 0.05) is 12.1 Å². The first-order valence-corrected chi connectivity index (χ1v) is 5.55. The largest absolute Gasteiger partial charge is 0.507 e. The van der Waals surface area contributed by atoms with Crippen LogP contribution in [-0.2, 0) is 0 Å². The predicted molar refractivity (Wildman–Crippen MR) is 72.5 cm³/mol. The lowest BCUT2D eigenvalue weighted by molar-refractivity contribution is -0.440. The van der Waals surface area contributed by atoms with Crippen LogP contribution < -0.4 is 11.0 Å². The van der Waals surface area contributed by atoms with E-state index in [4.69, 9.17) is 0 Å². The van der Waals surface area contributed by atoms with E-state index in [1.54, 1.807) is 0 Å². The third-order valence-corrected chi connectivity index (χ3v) is 2.81. The number of nitro benzene ring substituents is 3. The van der Waals surface area contributed by atoms with Gasteiger partial charge in [-0.1, -0.05) is 0 Å². The summed E-state index contributed by atoms with van der Waals surface area (Å²) in [5, 5.41) is 41.9. The zero-order valence-electron chi connectivity index (χ0n) is 10.7. The lowest BCUT2D eigenvalue weighted by Crippen LogP contribution is -2.22. The molecule has 2 aromatic rings. The first kappa shape index (κ1) is 15.5. The molecule has 13 heteroatoms. The number of hydrogen-bond acceptors (Lipinski definition) is 9. The Labute approximate surface area is 122 Å². The molecule has 0 radical (unpaired) electrons. The second-order valence-electron chi connectivity index (χ2n) is 4.13. The summed E-state index contributed by atoms with van der Waals surface area (Å²) in [6, 6.07) is 0.782. The Morgan fingerprint density at radius 3 is 1.96 bits per heavy atom. The number of hydrogen-bond donors (Lipinski definition) is 2. The third kappa shape index (κ3) is 2.41. The molecule has 0 saturated carbocycles. The van der Waals surface area contributed by atoms with Gasteiger partial charge in [0.05, 0.1) is 20.3 Å². The van der Waals surface area contributed by atoms with Gasteiger partial charge >= 0.3 is 17.1 Å². The summed E-state index contributed by atoms with van der Waals surface area (Å²) in [7, 11) is 0. The predicted octanol–water partition coefficient (Wildman–Crippen LogP) is 0.318. The summed E-state index contributed by atoms with van der Waals surface area (Å²) in [5.74, 6) is -1.10. The van der Waals surface area contributed by atoms with E-state index in [2.05, 4.69) is 0 Å². The molecule has 1 aromatic carbocycles. The molecule has 2 rings (SSSR count). The van der Waals surface area contributed by atoms with Crippen LogP contribution in [0, 0.1) is 30.3 Å². The summed E-state index contributed by atoms with van der Waals surface area (Å²) >= 11 is 0. The van der Waals surface area contributed by atoms with Crippen molar-refractivity contribution in [1.82, 2.24) is 4.98 Å². The van der Waals surface area contributed by atoms with E-state index in [0.29, 0.717) is 12.1 Å². The van der Waals surface area contributed by atoms with E-state index in [-0.39, 0.29) is 0 Å². The summed E-state index contributed by atoms with van der Waals surface area (Å²) in [6.45, 7) is 0. The molecule has 0 amide bonds. The molecule has 1 heterocycles. The minimum Gasteiger partial charge on any atom is -0.507 e. The van der Waals surface area contributed by atoms with Crippen LogP contribution in [0.2, 0.25) is 0 Å². The number of aromatic nitrogens is 1. The Hall–Kier alpha value is -3.90. The van der Waals surface area contributed by atoms with Crippen LogP contribution in [0.5, 0.6) is 5.75 Å². The molecule has 0 aliphatic carbocycles. The molecular formula is C10H4N4O9. The molecule has 2 N–H and O–H groups in total. The van der Waals surface area contributed by atoms with Crippen molar-refractivity contribution >= 4 is 28.0 Å². The van der Waals surface area contributed by atoms with E-state index in [0.717, 1.165) is 0 Å². The highest BCUT2D eigenvalue weighted by atomic mass is 16.6. The Kier molecular flexibility index (Phi) is 3.46. The lowest BCUT2D eigenvalue weighted by atomic mass is 10.1. The van der Waals surface area contributed by atoms with Crippen molar-refractivity contribution in [3.05, 3.63) is 63.1 Å². The maximum Gasteiger partial charge on any atom is 0.423 e. The minimum atomic E-state index is -1.48. The van der Waals surface area contributed by atoms with Crippen molar-refractivity contribution in [2.75, 3.05) is 0 Å². The fourth-order valence-electron chi connectivity index (χ4n) is 1.95. The first-order chi connectivity index (χ1) is 10.6. The zero-order valence-corrected chi connectivity index (χ0v) is 10.7. The number of H-pyrrole nitrogens is 1. The Balaban J connectivity index is 3.31. The second kappa shape index (κ2) is 5.14. The van der Waals surface area contributed by atoms with Crippen LogP contribution in [0.15, 0.2) is 21.7 Å². The molecule has 23 heavy (non-hydrogen) atoms. The SMILES string of the molecule is O=c1cc(O)c2c([N+](=O)[O-])c([N+](=O)[O-])c([N+](=O)[O-])cc2[nH]c1=O. The van der Waals surface area contributed by atoms with Gasteiger partial charge in [-0.25, -0.2) is 0 Å². The standard InChI is InChI=1S/C10H4N4O9/c15-5-2-6(16)10(17)11-3-1-4(12(18)19)8(13(20)21)9(7(3)5)14(22)23/h1-2,15H,(H,11,16,17). The van der Waals surface area contributed by atoms with Gasteiger partial charge in [-0.15, -0.1) is 0 Å². The quantitative estimate of drug-likeness (QED) is 0.453. The van der Waals surface area contributed by atoms with Crippen LogP contribution in [0.4, 0.5) is 17.1 Å². The topological polar surface area (TPSA) is 200 Å². The van der Waals surface area contributed by atoms with Crippen LogP contribution in [0.25, 0.3) is 10.9 Å². The monoisotopic (exact) mass is 324 g/mol. The molecule has 0 fully saturated rings. The number of nitro groups is 3. The number of nitrogens with zero attached hydrogens (tertiary/aromatic N) is 3. The third-order valence-electron chi connectivity index (χ3n) is 2.81. The molecule has 1 aromatic heterocycles. The maximum atomic E-state index is 11.4. The number of aromatic amines is 1. The molecule has 13 nitrogen and oxygen atoms in total. The molecule has 0 saturated heterocycles. The van der Waals surface area contributed by atoms with Crippen LogP contribution in [-0.4, -0.2) is 24.9 Å². The lowest BCUT2D eigenvalue weighted by Gasteiger charge is -2.01. The Bertz CT molecular complexity index is 1010. The molecule has 118 valence electrons. The smallest absolute Gasteiger partial charge is 0.423 e. The van der Waals surface area contributed by atoms with Crippen LogP contribution >= 0.6 is 0 Å². The Morgan fingerprint density at radius 1 is 0.913 bits per heavy atom. The van der Waals surface area contributed by atoms with Crippen molar-refractivity contribution in [3.8, 4) is 5.75 Å². The number of benzene rings is 1. The summed E-state index contributed by atoms with van der Waals surface area (Å²) in [6.07, 6.45) is 0. The van der Waals surface area contributed by atoms with Crippen molar-refractivity contribution in [1.29, 1.82) is 0 Å². The zero-order chi connectivity index (χ0) is 17.5. The molecule has 0 spiro atoms. The van der Waals surface area contributed by atoms with E-state index in [9.17, 15) is 45.0 Å². The van der Waals surface area contributed by atoms with Gasteiger partial charge in [0.15, 0.2) is 0 Å². The fourth-order valence-corrected chi connectivity index (χ4v) is 1.95. The normalized spacial score (nSPS) is 10.4. The molecular weight excluding hydrogens is 320 g/mol. The highest BCUT2D eigenvalue weighted by molar-refractivity contribution is 5.99. The number of nitrogens with one attached hydrogen (secondary N) is 1. The van der Waals surface area contributed by atoms with Gasteiger partial charge in [-0.05, 0) is 0 Å².